The molecule has 0 saturated carbocycles. The SMILES string of the molecule is CCc1ccc(Nc2cc(S(N)(=O)=O)ccc2N)cc1. The first-order valence-corrected chi connectivity index (χ1v) is 7.73. The van der Waals surface area contributed by atoms with Crippen LogP contribution in [0.15, 0.2) is 47.4 Å². The molecule has 2 aromatic rings. The molecule has 2 rings (SSSR count). The quantitative estimate of drug-likeness (QED) is 0.752. The van der Waals surface area contributed by atoms with E-state index >= 15 is 0 Å². The first-order valence-electron chi connectivity index (χ1n) is 6.18. The molecule has 0 aliphatic heterocycles. The molecule has 0 aromatic heterocycles. The Hall–Kier alpha value is -2.05. The Morgan fingerprint density at radius 3 is 2.30 bits per heavy atom. The van der Waals surface area contributed by atoms with E-state index in [4.69, 9.17) is 10.9 Å². The molecule has 0 unspecified atom stereocenters. The van der Waals surface area contributed by atoms with E-state index in [-0.39, 0.29) is 4.90 Å². The fourth-order valence-electron chi connectivity index (χ4n) is 1.80. The molecule has 5 nitrogen and oxygen atoms in total. The van der Waals surface area contributed by atoms with E-state index in [9.17, 15) is 8.42 Å². The Kier molecular flexibility index (Phi) is 3.96. The van der Waals surface area contributed by atoms with Gasteiger partial charge in [-0.2, -0.15) is 0 Å². The van der Waals surface area contributed by atoms with Crippen LogP contribution in [0.4, 0.5) is 17.1 Å². The lowest BCUT2D eigenvalue weighted by Gasteiger charge is -2.11. The molecule has 0 bridgehead atoms. The van der Waals surface area contributed by atoms with E-state index in [1.165, 1.54) is 23.8 Å². The summed E-state index contributed by atoms with van der Waals surface area (Å²) >= 11 is 0. The molecule has 0 fully saturated rings. The van der Waals surface area contributed by atoms with Crippen molar-refractivity contribution >= 4 is 27.1 Å². The van der Waals surface area contributed by atoms with Crippen molar-refractivity contribution in [3.63, 3.8) is 0 Å². The fraction of sp³-hybridized carbons (Fsp3) is 0.143. The van der Waals surface area contributed by atoms with E-state index in [1.807, 2.05) is 24.3 Å². The van der Waals surface area contributed by atoms with E-state index in [2.05, 4.69) is 12.2 Å². The molecule has 0 aliphatic rings. The Bertz CT molecular complexity index is 710. The molecular formula is C14H17N3O2S. The molecule has 20 heavy (non-hydrogen) atoms. The number of aryl methyl sites for hydroxylation is 1. The maximum atomic E-state index is 11.3. The van der Waals surface area contributed by atoms with Crippen LogP contribution in [0, 0.1) is 0 Å². The lowest BCUT2D eigenvalue weighted by atomic mass is 10.1. The summed E-state index contributed by atoms with van der Waals surface area (Å²) < 4.78 is 22.7. The molecule has 0 aliphatic carbocycles. The second-order valence-corrected chi connectivity index (χ2v) is 6.03. The molecule has 2 aromatic carbocycles. The van der Waals surface area contributed by atoms with Gasteiger partial charge in [-0.25, -0.2) is 13.6 Å². The molecule has 0 amide bonds. The molecule has 106 valence electrons. The summed E-state index contributed by atoms with van der Waals surface area (Å²) in [7, 11) is -3.74. The van der Waals surface area contributed by atoms with Crippen molar-refractivity contribution < 1.29 is 8.42 Å². The van der Waals surface area contributed by atoms with Gasteiger partial charge in [0.2, 0.25) is 10.0 Å². The predicted molar refractivity (Wildman–Crippen MR) is 81.3 cm³/mol. The summed E-state index contributed by atoms with van der Waals surface area (Å²) in [6, 6.07) is 12.2. The first kappa shape index (κ1) is 14.4. The monoisotopic (exact) mass is 291 g/mol. The fourth-order valence-corrected chi connectivity index (χ4v) is 2.34. The zero-order valence-electron chi connectivity index (χ0n) is 11.1. The van der Waals surface area contributed by atoms with Gasteiger partial charge in [-0.15, -0.1) is 0 Å². The highest BCUT2D eigenvalue weighted by Gasteiger charge is 2.10. The number of hydrogen-bond acceptors (Lipinski definition) is 4. The van der Waals surface area contributed by atoms with E-state index in [1.54, 1.807) is 0 Å². The number of nitrogens with one attached hydrogen (secondary N) is 1. The van der Waals surface area contributed by atoms with E-state index in [0.717, 1.165) is 12.1 Å². The van der Waals surface area contributed by atoms with Crippen LogP contribution in [0.5, 0.6) is 0 Å². The van der Waals surface area contributed by atoms with Gasteiger partial charge in [0.1, 0.15) is 0 Å². The van der Waals surface area contributed by atoms with Gasteiger partial charge in [-0.3, -0.25) is 0 Å². The number of hydrogen-bond donors (Lipinski definition) is 3. The standard InChI is InChI=1S/C14H17N3O2S/c1-2-10-3-5-11(6-4-10)17-14-9-12(20(16,18)19)7-8-13(14)15/h3-9,17H,2,15H2,1H3,(H2,16,18,19). The molecule has 0 atom stereocenters. The Morgan fingerprint density at radius 1 is 1.10 bits per heavy atom. The van der Waals surface area contributed by atoms with Gasteiger partial charge < -0.3 is 11.1 Å². The first-order chi connectivity index (χ1) is 9.40. The van der Waals surface area contributed by atoms with Crippen LogP contribution < -0.4 is 16.2 Å². The van der Waals surface area contributed by atoms with Crippen molar-refractivity contribution in [3.05, 3.63) is 48.0 Å². The highest BCUT2D eigenvalue weighted by molar-refractivity contribution is 7.89. The summed E-state index contributed by atoms with van der Waals surface area (Å²) in [5.41, 5.74) is 8.87. The Morgan fingerprint density at radius 2 is 1.75 bits per heavy atom. The number of nitrogen functional groups attached to an aromatic ring is 1. The van der Waals surface area contributed by atoms with Gasteiger partial charge in [0, 0.05) is 5.69 Å². The molecule has 0 spiro atoms. The van der Waals surface area contributed by atoms with Crippen LogP contribution in [-0.2, 0) is 16.4 Å². The number of anilines is 3. The van der Waals surface area contributed by atoms with Crippen LogP contribution in [0.3, 0.4) is 0 Å². The van der Waals surface area contributed by atoms with Crippen LogP contribution in [0.1, 0.15) is 12.5 Å². The van der Waals surface area contributed by atoms with Crippen molar-refractivity contribution in [1.82, 2.24) is 0 Å². The van der Waals surface area contributed by atoms with Gasteiger partial charge in [-0.1, -0.05) is 19.1 Å². The van der Waals surface area contributed by atoms with Gasteiger partial charge in [-0.05, 0) is 42.3 Å². The molecule has 0 saturated heterocycles. The number of sulfonamides is 1. The Balaban J connectivity index is 2.32. The highest BCUT2D eigenvalue weighted by Crippen LogP contribution is 2.26. The highest BCUT2D eigenvalue weighted by atomic mass is 32.2. The second-order valence-electron chi connectivity index (χ2n) is 4.47. The van der Waals surface area contributed by atoms with Crippen LogP contribution in [-0.4, -0.2) is 8.42 Å². The van der Waals surface area contributed by atoms with Crippen LogP contribution >= 0.6 is 0 Å². The largest absolute Gasteiger partial charge is 0.397 e. The maximum absolute atomic E-state index is 11.3. The van der Waals surface area contributed by atoms with Crippen LogP contribution in [0.25, 0.3) is 0 Å². The van der Waals surface area contributed by atoms with Crippen LogP contribution in [0.2, 0.25) is 0 Å². The van der Waals surface area contributed by atoms with E-state index < -0.39 is 10.0 Å². The smallest absolute Gasteiger partial charge is 0.238 e. The lowest BCUT2D eigenvalue weighted by molar-refractivity contribution is 0.598. The molecular weight excluding hydrogens is 274 g/mol. The Labute approximate surface area is 118 Å². The van der Waals surface area contributed by atoms with Gasteiger partial charge >= 0.3 is 0 Å². The number of primary sulfonamides is 1. The molecule has 5 N–H and O–H groups in total. The second kappa shape index (κ2) is 5.52. The zero-order valence-corrected chi connectivity index (χ0v) is 11.9. The lowest BCUT2D eigenvalue weighted by Crippen LogP contribution is -2.12. The number of benzene rings is 2. The normalized spacial score (nSPS) is 11.3. The molecule has 0 heterocycles. The average Bonchev–Trinajstić information content (AvgIpc) is 2.41. The topological polar surface area (TPSA) is 98.2 Å². The number of rotatable bonds is 4. The van der Waals surface area contributed by atoms with Crippen molar-refractivity contribution in [2.75, 3.05) is 11.1 Å². The summed E-state index contributed by atoms with van der Waals surface area (Å²) in [6.45, 7) is 2.08. The van der Waals surface area contributed by atoms with Crippen molar-refractivity contribution in [3.8, 4) is 0 Å². The van der Waals surface area contributed by atoms with Gasteiger partial charge in [0.15, 0.2) is 0 Å². The van der Waals surface area contributed by atoms with Gasteiger partial charge in [0.25, 0.3) is 0 Å². The summed E-state index contributed by atoms with van der Waals surface area (Å²) in [5, 5.41) is 8.20. The third-order valence-corrected chi connectivity index (χ3v) is 3.91. The van der Waals surface area contributed by atoms with Crippen molar-refractivity contribution in [2.24, 2.45) is 5.14 Å². The summed E-state index contributed by atoms with van der Waals surface area (Å²) in [6.07, 6.45) is 0.962. The third kappa shape index (κ3) is 3.28. The maximum Gasteiger partial charge on any atom is 0.238 e. The van der Waals surface area contributed by atoms with Crippen molar-refractivity contribution in [1.29, 1.82) is 0 Å². The zero-order chi connectivity index (χ0) is 14.8. The minimum atomic E-state index is -3.74. The summed E-state index contributed by atoms with van der Waals surface area (Å²) in [4.78, 5) is 0.0272. The van der Waals surface area contributed by atoms with Crippen molar-refractivity contribution in [2.45, 2.75) is 18.2 Å². The van der Waals surface area contributed by atoms with Gasteiger partial charge in [0.05, 0.1) is 16.3 Å². The van der Waals surface area contributed by atoms with E-state index in [0.29, 0.717) is 11.4 Å². The molecule has 0 radical (unpaired) electrons. The minimum Gasteiger partial charge on any atom is -0.397 e. The summed E-state index contributed by atoms with van der Waals surface area (Å²) in [5.74, 6) is 0. The minimum absolute atomic E-state index is 0.0272. The predicted octanol–water partition coefficient (Wildman–Crippen LogP) is 2.22. The molecule has 6 heteroatoms. The third-order valence-electron chi connectivity index (χ3n) is 2.99. The number of nitrogens with two attached hydrogens (primary N) is 2. The average molecular weight is 291 g/mol.